The molecule has 0 aromatic heterocycles. The number of benzene rings is 1. The van der Waals surface area contributed by atoms with E-state index in [0.717, 1.165) is 11.3 Å². The van der Waals surface area contributed by atoms with Gasteiger partial charge in [0.2, 0.25) is 0 Å². The van der Waals surface area contributed by atoms with Gasteiger partial charge in [0.25, 0.3) is 0 Å². The molecule has 0 saturated heterocycles. The Kier molecular flexibility index (Phi) is 2.74. The van der Waals surface area contributed by atoms with Crippen LogP contribution >= 0.6 is 12.2 Å². The first-order chi connectivity index (χ1) is 7.88. The summed E-state index contributed by atoms with van der Waals surface area (Å²) in [6.45, 7) is 8.14. The van der Waals surface area contributed by atoms with E-state index in [-0.39, 0.29) is 0 Å². The Hall–Kier alpha value is -1.35. The molecule has 2 rings (SSSR count). The largest absolute Gasteiger partial charge is 0.475 e. The van der Waals surface area contributed by atoms with Crippen molar-refractivity contribution in [2.45, 2.75) is 33.3 Å². The van der Waals surface area contributed by atoms with Crippen molar-refractivity contribution in [2.75, 3.05) is 0 Å². The number of rotatable bonds is 1. The van der Waals surface area contributed by atoms with E-state index in [4.69, 9.17) is 22.7 Å². The van der Waals surface area contributed by atoms with Gasteiger partial charge in [-0.15, -0.1) is 0 Å². The molecule has 3 heteroatoms. The maximum atomic E-state index is 6.02. The lowest BCUT2D eigenvalue weighted by molar-refractivity contribution is 0.195. The summed E-state index contributed by atoms with van der Waals surface area (Å²) in [6.07, 6.45) is 0. The lowest BCUT2D eigenvalue weighted by Crippen LogP contribution is -2.48. The molecule has 1 aromatic rings. The zero-order chi connectivity index (χ0) is 12.8. The van der Waals surface area contributed by atoms with E-state index in [0.29, 0.717) is 4.99 Å². The fraction of sp³-hybridized carbons (Fsp3) is 0.357. The van der Waals surface area contributed by atoms with Gasteiger partial charge in [0.15, 0.2) is 5.60 Å². The normalized spacial score (nSPS) is 23.1. The maximum Gasteiger partial charge on any atom is 0.177 e. The second-order valence-electron chi connectivity index (χ2n) is 4.70. The van der Waals surface area contributed by atoms with Crippen LogP contribution in [0.15, 0.2) is 23.8 Å². The Bertz CT molecular complexity index is 533. The summed E-state index contributed by atoms with van der Waals surface area (Å²) in [7, 11) is 0. The molecule has 0 bridgehead atoms. The molecule has 0 fully saturated rings. The summed E-state index contributed by atoms with van der Waals surface area (Å²) in [5.74, 6) is 0.864. The molecule has 0 spiro atoms. The van der Waals surface area contributed by atoms with E-state index >= 15 is 0 Å². The van der Waals surface area contributed by atoms with Crippen molar-refractivity contribution in [2.24, 2.45) is 5.73 Å². The van der Waals surface area contributed by atoms with E-state index in [1.165, 1.54) is 16.7 Å². The van der Waals surface area contributed by atoms with Crippen LogP contribution in [0.25, 0.3) is 5.57 Å². The molecule has 17 heavy (non-hydrogen) atoms. The molecule has 2 N–H and O–H groups in total. The maximum absolute atomic E-state index is 6.02. The standard InChI is InChI=1S/C14H17NOS/c1-8-6-5-7-11-12(8)9(2)10(3)14(4,16-11)13(15)17/h5-7H,1-4H3,(H2,15,17). The molecule has 1 aliphatic heterocycles. The summed E-state index contributed by atoms with van der Waals surface area (Å²) in [5, 5.41) is 0. The number of aryl methyl sites for hydroxylation is 1. The van der Waals surface area contributed by atoms with Gasteiger partial charge in [-0.3, -0.25) is 0 Å². The number of nitrogens with two attached hydrogens (primary N) is 1. The monoisotopic (exact) mass is 247 g/mol. The minimum Gasteiger partial charge on any atom is -0.475 e. The summed E-state index contributed by atoms with van der Waals surface area (Å²) in [5.41, 5.74) is 9.83. The second-order valence-corrected chi connectivity index (χ2v) is 5.14. The smallest absolute Gasteiger partial charge is 0.177 e. The highest BCUT2D eigenvalue weighted by atomic mass is 32.1. The van der Waals surface area contributed by atoms with Crippen LogP contribution in [0.5, 0.6) is 5.75 Å². The van der Waals surface area contributed by atoms with Crippen molar-refractivity contribution in [1.29, 1.82) is 0 Å². The third kappa shape index (κ3) is 1.65. The Morgan fingerprint density at radius 3 is 2.53 bits per heavy atom. The fourth-order valence-corrected chi connectivity index (χ4v) is 2.48. The van der Waals surface area contributed by atoms with Crippen LogP contribution in [-0.4, -0.2) is 10.6 Å². The Morgan fingerprint density at radius 2 is 1.94 bits per heavy atom. The Balaban J connectivity index is 2.71. The highest BCUT2D eigenvalue weighted by Crippen LogP contribution is 2.42. The van der Waals surface area contributed by atoms with Crippen molar-refractivity contribution in [1.82, 2.24) is 0 Å². The van der Waals surface area contributed by atoms with Crippen LogP contribution in [0.2, 0.25) is 0 Å². The quantitative estimate of drug-likeness (QED) is 0.774. The number of fused-ring (bicyclic) bond motifs is 1. The molecule has 1 heterocycles. The average Bonchev–Trinajstić information content (AvgIpc) is 2.25. The SMILES string of the molecule is CC1=C(C)C(C)(C(N)=S)Oc2cccc(C)c21. The van der Waals surface area contributed by atoms with Crippen molar-refractivity contribution in [3.8, 4) is 5.75 Å². The lowest BCUT2D eigenvalue weighted by Gasteiger charge is -2.37. The summed E-state index contributed by atoms with van der Waals surface area (Å²) in [6, 6.07) is 6.04. The molecule has 0 radical (unpaired) electrons. The van der Waals surface area contributed by atoms with Crippen molar-refractivity contribution in [3.05, 3.63) is 34.9 Å². The van der Waals surface area contributed by atoms with Gasteiger partial charge in [0.05, 0.1) is 0 Å². The van der Waals surface area contributed by atoms with Crippen LogP contribution in [0.3, 0.4) is 0 Å². The van der Waals surface area contributed by atoms with Crippen LogP contribution in [0.1, 0.15) is 31.9 Å². The summed E-state index contributed by atoms with van der Waals surface area (Å²) >= 11 is 5.14. The van der Waals surface area contributed by atoms with E-state index in [1.54, 1.807) is 0 Å². The van der Waals surface area contributed by atoms with Gasteiger partial charge in [-0.2, -0.15) is 0 Å². The lowest BCUT2D eigenvalue weighted by atomic mass is 9.85. The first-order valence-electron chi connectivity index (χ1n) is 5.65. The molecule has 1 aromatic carbocycles. The van der Waals surface area contributed by atoms with Gasteiger partial charge in [-0.1, -0.05) is 24.4 Å². The molecule has 1 aliphatic rings. The first kappa shape index (κ1) is 12.1. The van der Waals surface area contributed by atoms with Crippen LogP contribution in [0.4, 0.5) is 0 Å². The number of hydrogen-bond donors (Lipinski definition) is 1. The van der Waals surface area contributed by atoms with Gasteiger partial charge in [-0.25, -0.2) is 0 Å². The van der Waals surface area contributed by atoms with Crippen molar-refractivity contribution >= 4 is 22.8 Å². The third-order valence-corrected chi connectivity index (χ3v) is 4.06. The van der Waals surface area contributed by atoms with E-state index in [2.05, 4.69) is 19.9 Å². The molecule has 0 aliphatic carbocycles. The third-order valence-electron chi connectivity index (χ3n) is 3.67. The summed E-state index contributed by atoms with van der Waals surface area (Å²) < 4.78 is 6.02. The van der Waals surface area contributed by atoms with Crippen molar-refractivity contribution < 1.29 is 4.74 Å². The number of ether oxygens (including phenoxy) is 1. The zero-order valence-corrected chi connectivity index (χ0v) is 11.4. The van der Waals surface area contributed by atoms with E-state index in [1.807, 2.05) is 26.0 Å². The molecule has 1 atom stereocenters. The van der Waals surface area contributed by atoms with Gasteiger partial charge < -0.3 is 10.5 Å². The topological polar surface area (TPSA) is 35.2 Å². The molecule has 1 unspecified atom stereocenters. The molecule has 0 saturated carbocycles. The molecular weight excluding hydrogens is 230 g/mol. The zero-order valence-electron chi connectivity index (χ0n) is 10.6. The highest BCUT2D eigenvalue weighted by molar-refractivity contribution is 7.80. The van der Waals surface area contributed by atoms with Gasteiger partial charge in [-0.05, 0) is 50.5 Å². The summed E-state index contributed by atoms with van der Waals surface area (Å²) in [4.78, 5) is 0.376. The average molecular weight is 247 g/mol. The van der Waals surface area contributed by atoms with Crippen molar-refractivity contribution in [3.63, 3.8) is 0 Å². The highest BCUT2D eigenvalue weighted by Gasteiger charge is 2.38. The Labute approximate surface area is 107 Å². The number of hydrogen-bond acceptors (Lipinski definition) is 2. The van der Waals surface area contributed by atoms with Crippen LogP contribution in [-0.2, 0) is 0 Å². The Morgan fingerprint density at radius 1 is 1.29 bits per heavy atom. The minimum atomic E-state index is -0.666. The molecular formula is C14H17NOS. The predicted molar refractivity (Wildman–Crippen MR) is 75.3 cm³/mol. The number of allylic oxidation sites excluding steroid dienone is 1. The van der Waals surface area contributed by atoms with Gasteiger partial charge in [0.1, 0.15) is 10.7 Å². The van der Waals surface area contributed by atoms with Gasteiger partial charge >= 0.3 is 0 Å². The van der Waals surface area contributed by atoms with Gasteiger partial charge in [0, 0.05) is 5.56 Å². The first-order valence-corrected chi connectivity index (χ1v) is 6.05. The van der Waals surface area contributed by atoms with Crippen LogP contribution in [0, 0.1) is 6.92 Å². The van der Waals surface area contributed by atoms with Crippen LogP contribution < -0.4 is 10.5 Å². The number of thiocarbonyl (C=S) groups is 1. The molecule has 0 amide bonds. The van der Waals surface area contributed by atoms with E-state index in [9.17, 15) is 0 Å². The molecule has 90 valence electrons. The fourth-order valence-electron chi connectivity index (χ4n) is 2.28. The predicted octanol–water partition coefficient (Wildman–Crippen LogP) is 3.23. The van der Waals surface area contributed by atoms with E-state index < -0.39 is 5.60 Å². The minimum absolute atomic E-state index is 0.376. The second kappa shape index (κ2) is 3.84. The molecule has 2 nitrogen and oxygen atoms in total.